The molecule has 1 aromatic rings. The highest BCUT2D eigenvalue weighted by atomic mass is 16.5. The van der Waals surface area contributed by atoms with Gasteiger partial charge in [0, 0.05) is 12.2 Å². The Morgan fingerprint density at radius 2 is 2.00 bits per heavy atom. The lowest BCUT2D eigenvalue weighted by Gasteiger charge is -2.17. The monoisotopic (exact) mass is 264 g/mol. The van der Waals surface area contributed by atoms with E-state index in [1.165, 1.54) is 38.5 Å². The standard InChI is InChI=1S/C16H28N2O/c1-4-6-7-8-9-11-14(3)18-15-12-10-13-17-16(15)19-5-2/h10,12-14,18H,4-9,11H2,1-3H3. The normalized spacial score (nSPS) is 12.2. The molecule has 3 heteroatoms. The topological polar surface area (TPSA) is 34.2 Å². The van der Waals surface area contributed by atoms with Crippen LogP contribution in [-0.2, 0) is 0 Å². The van der Waals surface area contributed by atoms with Crippen molar-refractivity contribution in [1.82, 2.24) is 4.98 Å². The van der Waals surface area contributed by atoms with E-state index in [4.69, 9.17) is 4.74 Å². The summed E-state index contributed by atoms with van der Waals surface area (Å²) in [5.41, 5.74) is 1.01. The minimum atomic E-state index is 0.463. The molecular formula is C16H28N2O. The average molecular weight is 264 g/mol. The minimum Gasteiger partial charge on any atom is -0.476 e. The Hall–Kier alpha value is -1.25. The molecule has 0 saturated heterocycles. The quantitative estimate of drug-likeness (QED) is 0.625. The largest absolute Gasteiger partial charge is 0.476 e. The molecular weight excluding hydrogens is 236 g/mol. The molecule has 1 rings (SSSR count). The van der Waals surface area contributed by atoms with Gasteiger partial charge in [-0.3, -0.25) is 0 Å². The Morgan fingerprint density at radius 3 is 2.74 bits per heavy atom. The van der Waals surface area contributed by atoms with Crippen molar-refractivity contribution in [2.75, 3.05) is 11.9 Å². The van der Waals surface area contributed by atoms with Crippen molar-refractivity contribution < 1.29 is 4.74 Å². The summed E-state index contributed by atoms with van der Waals surface area (Å²) in [5, 5.41) is 3.50. The third-order valence-corrected chi connectivity index (χ3v) is 3.19. The van der Waals surface area contributed by atoms with Gasteiger partial charge in [0.2, 0.25) is 5.88 Å². The summed E-state index contributed by atoms with van der Waals surface area (Å²) in [6.07, 6.45) is 9.62. The molecule has 0 aromatic carbocycles. The zero-order chi connectivity index (χ0) is 13.9. The predicted molar refractivity (Wildman–Crippen MR) is 81.9 cm³/mol. The Kier molecular flexibility index (Phi) is 8.03. The molecule has 108 valence electrons. The fourth-order valence-electron chi connectivity index (χ4n) is 2.14. The van der Waals surface area contributed by atoms with Crippen molar-refractivity contribution >= 4 is 5.69 Å². The van der Waals surface area contributed by atoms with Crippen molar-refractivity contribution in [2.45, 2.75) is 65.3 Å². The Bertz CT molecular complexity index is 341. The van der Waals surface area contributed by atoms with Crippen molar-refractivity contribution in [3.05, 3.63) is 18.3 Å². The summed E-state index contributed by atoms with van der Waals surface area (Å²) >= 11 is 0. The van der Waals surface area contributed by atoms with Crippen LogP contribution in [-0.4, -0.2) is 17.6 Å². The van der Waals surface area contributed by atoms with E-state index in [2.05, 4.69) is 24.1 Å². The molecule has 1 N–H and O–H groups in total. The Labute approximate surface area is 117 Å². The number of ether oxygens (including phenoxy) is 1. The number of rotatable bonds is 10. The Morgan fingerprint density at radius 1 is 1.21 bits per heavy atom. The molecule has 0 aliphatic heterocycles. The molecule has 0 amide bonds. The third-order valence-electron chi connectivity index (χ3n) is 3.19. The lowest BCUT2D eigenvalue weighted by atomic mass is 10.1. The van der Waals surface area contributed by atoms with Gasteiger partial charge in [-0.1, -0.05) is 39.0 Å². The molecule has 0 aliphatic rings. The lowest BCUT2D eigenvalue weighted by molar-refractivity contribution is 0.328. The number of hydrogen-bond acceptors (Lipinski definition) is 3. The average Bonchev–Trinajstić information content (AvgIpc) is 2.41. The van der Waals surface area contributed by atoms with Gasteiger partial charge in [-0.2, -0.15) is 0 Å². The highest BCUT2D eigenvalue weighted by Crippen LogP contribution is 2.22. The molecule has 0 radical (unpaired) electrons. The first-order valence-electron chi connectivity index (χ1n) is 7.62. The lowest BCUT2D eigenvalue weighted by Crippen LogP contribution is -2.16. The van der Waals surface area contributed by atoms with Gasteiger partial charge < -0.3 is 10.1 Å². The number of pyridine rings is 1. The highest BCUT2D eigenvalue weighted by molar-refractivity contribution is 5.52. The van der Waals surface area contributed by atoms with Crippen LogP contribution < -0.4 is 10.1 Å². The zero-order valence-corrected chi connectivity index (χ0v) is 12.6. The number of nitrogens with zero attached hydrogens (tertiary/aromatic N) is 1. The Balaban J connectivity index is 2.33. The smallest absolute Gasteiger partial charge is 0.237 e. The summed E-state index contributed by atoms with van der Waals surface area (Å²) < 4.78 is 5.52. The van der Waals surface area contributed by atoms with Crippen molar-refractivity contribution in [2.24, 2.45) is 0 Å². The fourth-order valence-corrected chi connectivity index (χ4v) is 2.14. The van der Waals surface area contributed by atoms with Gasteiger partial charge in [-0.25, -0.2) is 4.98 Å². The van der Waals surface area contributed by atoms with Crippen LogP contribution in [0.3, 0.4) is 0 Å². The predicted octanol–water partition coefficient (Wildman–Crippen LogP) is 4.64. The van der Waals surface area contributed by atoms with E-state index in [0.29, 0.717) is 18.5 Å². The van der Waals surface area contributed by atoms with Crippen molar-refractivity contribution in [3.8, 4) is 5.88 Å². The molecule has 3 nitrogen and oxygen atoms in total. The van der Waals surface area contributed by atoms with E-state index in [9.17, 15) is 0 Å². The fraction of sp³-hybridized carbons (Fsp3) is 0.688. The molecule has 0 bridgehead atoms. The number of aromatic nitrogens is 1. The molecule has 1 atom stereocenters. The molecule has 0 spiro atoms. The molecule has 19 heavy (non-hydrogen) atoms. The molecule has 0 aliphatic carbocycles. The van der Waals surface area contributed by atoms with Crippen LogP contribution in [0.2, 0.25) is 0 Å². The number of unbranched alkanes of at least 4 members (excludes halogenated alkanes) is 4. The first-order valence-corrected chi connectivity index (χ1v) is 7.62. The van der Waals surface area contributed by atoms with Gasteiger partial charge in [-0.15, -0.1) is 0 Å². The summed E-state index contributed by atoms with van der Waals surface area (Å²) in [7, 11) is 0. The first-order chi connectivity index (χ1) is 9.27. The van der Waals surface area contributed by atoms with E-state index >= 15 is 0 Å². The molecule has 1 unspecified atom stereocenters. The van der Waals surface area contributed by atoms with Crippen LogP contribution in [0.25, 0.3) is 0 Å². The number of nitrogens with one attached hydrogen (secondary N) is 1. The van der Waals surface area contributed by atoms with Crippen LogP contribution in [0.5, 0.6) is 5.88 Å². The van der Waals surface area contributed by atoms with Gasteiger partial charge >= 0.3 is 0 Å². The van der Waals surface area contributed by atoms with Crippen LogP contribution in [0.15, 0.2) is 18.3 Å². The molecule has 1 heterocycles. The second kappa shape index (κ2) is 9.65. The summed E-state index contributed by atoms with van der Waals surface area (Å²) in [5.74, 6) is 0.711. The van der Waals surface area contributed by atoms with Crippen molar-refractivity contribution in [3.63, 3.8) is 0 Å². The molecule has 0 saturated carbocycles. The van der Waals surface area contributed by atoms with Gasteiger partial charge in [0.25, 0.3) is 0 Å². The van der Waals surface area contributed by atoms with E-state index in [1.54, 1.807) is 6.20 Å². The van der Waals surface area contributed by atoms with Crippen molar-refractivity contribution in [1.29, 1.82) is 0 Å². The number of anilines is 1. The maximum atomic E-state index is 5.52. The van der Waals surface area contributed by atoms with Gasteiger partial charge in [0.15, 0.2) is 0 Å². The first kappa shape index (κ1) is 15.8. The highest BCUT2D eigenvalue weighted by Gasteiger charge is 2.07. The SMILES string of the molecule is CCCCCCCC(C)Nc1cccnc1OCC. The summed E-state index contributed by atoms with van der Waals surface area (Å²) in [6, 6.07) is 4.44. The van der Waals surface area contributed by atoms with E-state index < -0.39 is 0 Å². The maximum Gasteiger partial charge on any atom is 0.237 e. The van der Waals surface area contributed by atoms with Gasteiger partial charge in [0.1, 0.15) is 0 Å². The van der Waals surface area contributed by atoms with Gasteiger partial charge in [-0.05, 0) is 32.4 Å². The van der Waals surface area contributed by atoms with E-state index in [0.717, 1.165) is 5.69 Å². The zero-order valence-electron chi connectivity index (χ0n) is 12.6. The van der Waals surface area contributed by atoms with E-state index in [1.807, 2.05) is 19.1 Å². The summed E-state index contributed by atoms with van der Waals surface area (Å²) in [4.78, 5) is 4.26. The second-order valence-electron chi connectivity index (χ2n) is 5.04. The third kappa shape index (κ3) is 6.46. The number of hydrogen-bond donors (Lipinski definition) is 1. The van der Waals surface area contributed by atoms with Crippen LogP contribution >= 0.6 is 0 Å². The van der Waals surface area contributed by atoms with Gasteiger partial charge in [0.05, 0.1) is 12.3 Å². The van der Waals surface area contributed by atoms with Crippen LogP contribution in [0, 0.1) is 0 Å². The summed E-state index contributed by atoms with van der Waals surface area (Å²) in [6.45, 7) is 7.11. The molecule has 1 aromatic heterocycles. The van der Waals surface area contributed by atoms with Crippen LogP contribution in [0.1, 0.15) is 59.3 Å². The van der Waals surface area contributed by atoms with Crippen LogP contribution in [0.4, 0.5) is 5.69 Å². The minimum absolute atomic E-state index is 0.463. The van der Waals surface area contributed by atoms with E-state index in [-0.39, 0.29) is 0 Å². The second-order valence-corrected chi connectivity index (χ2v) is 5.04. The molecule has 0 fully saturated rings. The maximum absolute atomic E-state index is 5.52.